The van der Waals surface area contributed by atoms with E-state index in [0.717, 1.165) is 5.56 Å². The summed E-state index contributed by atoms with van der Waals surface area (Å²) in [6, 6.07) is 14.6. The highest BCUT2D eigenvalue weighted by atomic mass is 16.2. The molecule has 120 valence electrons. The van der Waals surface area contributed by atoms with E-state index in [0.29, 0.717) is 11.4 Å². The Balaban J connectivity index is 1.91. The SMILES string of the molecule is CC(=O)Nc1ccc(NC(=O)NC(C)c2ccc(C)cc2)cc1. The first-order valence-electron chi connectivity index (χ1n) is 7.46. The fourth-order valence-electron chi connectivity index (χ4n) is 2.14. The summed E-state index contributed by atoms with van der Waals surface area (Å²) >= 11 is 0. The first kappa shape index (κ1) is 16.5. The van der Waals surface area contributed by atoms with Gasteiger partial charge in [0.05, 0.1) is 6.04 Å². The van der Waals surface area contributed by atoms with E-state index in [2.05, 4.69) is 16.0 Å². The highest BCUT2D eigenvalue weighted by Gasteiger charge is 2.09. The average molecular weight is 311 g/mol. The molecule has 0 aromatic heterocycles. The smallest absolute Gasteiger partial charge is 0.319 e. The predicted octanol–water partition coefficient (Wildman–Crippen LogP) is 3.84. The van der Waals surface area contributed by atoms with Crippen LogP contribution in [-0.2, 0) is 4.79 Å². The monoisotopic (exact) mass is 311 g/mol. The lowest BCUT2D eigenvalue weighted by molar-refractivity contribution is -0.114. The number of urea groups is 1. The molecule has 3 amide bonds. The van der Waals surface area contributed by atoms with Gasteiger partial charge in [0.25, 0.3) is 0 Å². The van der Waals surface area contributed by atoms with Gasteiger partial charge in [-0.3, -0.25) is 4.79 Å². The number of hydrogen-bond donors (Lipinski definition) is 3. The largest absolute Gasteiger partial charge is 0.331 e. The molecule has 0 aliphatic heterocycles. The van der Waals surface area contributed by atoms with Crippen LogP contribution in [0, 0.1) is 6.92 Å². The van der Waals surface area contributed by atoms with Crippen LogP contribution < -0.4 is 16.0 Å². The molecule has 0 radical (unpaired) electrons. The molecule has 2 rings (SSSR count). The summed E-state index contributed by atoms with van der Waals surface area (Å²) in [6.45, 7) is 5.41. The van der Waals surface area contributed by atoms with Gasteiger partial charge in [-0.05, 0) is 43.7 Å². The first-order chi connectivity index (χ1) is 10.9. The minimum absolute atomic E-state index is 0.0887. The first-order valence-corrected chi connectivity index (χ1v) is 7.46. The lowest BCUT2D eigenvalue weighted by Crippen LogP contribution is -2.31. The molecule has 0 heterocycles. The minimum Gasteiger partial charge on any atom is -0.331 e. The highest BCUT2D eigenvalue weighted by molar-refractivity contribution is 5.91. The Kier molecular flexibility index (Phi) is 5.36. The maximum Gasteiger partial charge on any atom is 0.319 e. The van der Waals surface area contributed by atoms with Gasteiger partial charge >= 0.3 is 6.03 Å². The van der Waals surface area contributed by atoms with Crippen molar-refractivity contribution in [2.24, 2.45) is 0 Å². The van der Waals surface area contributed by atoms with E-state index in [1.807, 2.05) is 38.1 Å². The maximum atomic E-state index is 12.0. The van der Waals surface area contributed by atoms with Crippen molar-refractivity contribution >= 4 is 23.3 Å². The summed E-state index contributed by atoms with van der Waals surface area (Å²) in [6.07, 6.45) is 0. The molecule has 0 aliphatic carbocycles. The molecule has 23 heavy (non-hydrogen) atoms. The van der Waals surface area contributed by atoms with Crippen LogP contribution in [0.4, 0.5) is 16.2 Å². The van der Waals surface area contributed by atoms with Gasteiger partial charge in [-0.2, -0.15) is 0 Å². The number of aryl methyl sites for hydroxylation is 1. The van der Waals surface area contributed by atoms with E-state index in [1.165, 1.54) is 12.5 Å². The molecule has 1 unspecified atom stereocenters. The second-order valence-corrected chi connectivity index (χ2v) is 5.49. The van der Waals surface area contributed by atoms with Gasteiger partial charge < -0.3 is 16.0 Å². The van der Waals surface area contributed by atoms with Crippen molar-refractivity contribution in [3.8, 4) is 0 Å². The summed E-state index contributed by atoms with van der Waals surface area (Å²) in [7, 11) is 0. The molecule has 0 aliphatic rings. The lowest BCUT2D eigenvalue weighted by Gasteiger charge is -2.15. The third kappa shape index (κ3) is 5.14. The molecule has 5 heteroatoms. The summed E-state index contributed by atoms with van der Waals surface area (Å²) < 4.78 is 0. The molecular weight excluding hydrogens is 290 g/mol. The molecule has 3 N–H and O–H groups in total. The number of carbonyl (C=O) groups excluding carboxylic acids is 2. The fourth-order valence-corrected chi connectivity index (χ4v) is 2.14. The normalized spacial score (nSPS) is 11.4. The number of benzene rings is 2. The number of anilines is 2. The Morgan fingerprint density at radius 3 is 1.91 bits per heavy atom. The zero-order chi connectivity index (χ0) is 16.8. The molecule has 0 saturated carbocycles. The van der Waals surface area contributed by atoms with Gasteiger partial charge in [0.1, 0.15) is 0 Å². The lowest BCUT2D eigenvalue weighted by atomic mass is 10.1. The Hall–Kier alpha value is -2.82. The number of hydrogen-bond acceptors (Lipinski definition) is 2. The van der Waals surface area contributed by atoms with Crippen LogP contribution in [0.2, 0.25) is 0 Å². The Morgan fingerprint density at radius 2 is 1.39 bits per heavy atom. The fraction of sp³-hybridized carbons (Fsp3) is 0.222. The summed E-state index contributed by atoms with van der Waals surface area (Å²) in [5.74, 6) is -0.129. The van der Waals surface area contributed by atoms with Crippen molar-refractivity contribution in [2.75, 3.05) is 10.6 Å². The van der Waals surface area contributed by atoms with Crippen LogP contribution in [0.1, 0.15) is 31.0 Å². The zero-order valence-electron chi connectivity index (χ0n) is 13.5. The number of carbonyl (C=O) groups is 2. The van der Waals surface area contributed by atoms with Gasteiger partial charge in [-0.25, -0.2) is 4.79 Å². The van der Waals surface area contributed by atoms with Crippen LogP contribution in [0.3, 0.4) is 0 Å². The van der Waals surface area contributed by atoms with Crippen molar-refractivity contribution in [3.63, 3.8) is 0 Å². The van der Waals surface area contributed by atoms with Crippen molar-refractivity contribution in [3.05, 3.63) is 59.7 Å². The van der Waals surface area contributed by atoms with E-state index >= 15 is 0 Å². The van der Waals surface area contributed by atoms with E-state index in [9.17, 15) is 9.59 Å². The van der Waals surface area contributed by atoms with Crippen LogP contribution in [0.5, 0.6) is 0 Å². The van der Waals surface area contributed by atoms with Crippen LogP contribution >= 0.6 is 0 Å². The Morgan fingerprint density at radius 1 is 0.870 bits per heavy atom. The van der Waals surface area contributed by atoms with Crippen LogP contribution in [0.25, 0.3) is 0 Å². The van der Waals surface area contributed by atoms with Crippen LogP contribution in [-0.4, -0.2) is 11.9 Å². The van der Waals surface area contributed by atoms with Gasteiger partial charge in [0, 0.05) is 18.3 Å². The second kappa shape index (κ2) is 7.45. The van der Waals surface area contributed by atoms with E-state index in [-0.39, 0.29) is 18.0 Å². The number of rotatable bonds is 4. The topological polar surface area (TPSA) is 70.2 Å². The quantitative estimate of drug-likeness (QED) is 0.803. The number of amides is 3. The third-order valence-electron chi connectivity index (χ3n) is 3.39. The standard InChI is InChI=1S/C18H21N3O2/c1-12-4-6-15(7-5-12)13(2)19-18(23)21-17-10-8-16(9-11-17)20-14(3)22/h4-11,13H,1-3H3,(H,20,22)(H2,19,21,23). The molecule has 2 aromatic rings. The van der Waals surface area contributed by atoms with Crippen LogP contribution in [0.15, 0.2) is 48.5 Å². The van der Waals surface area contributed by atoms with E-state index in [1.54, 1.807) is 24.3 Å². The van der Waals surface area contributed by atoms with E-state index < -0.39 is 0 Å². The zero-order valence-corrected chi connectivity index (χ0v) is 13.5. The maximum absolute atomic E-state index is 12.0. The third-order valence-corrected chi connectivity index (χ3v) is 3.39. The predicted molar refractivity (Wildman–Crippen MR) is 92.5 cm³/mol. The van der Waals surface area contributed by atoms with Gasteiger partial charge in [-0.15, -0.1) is 0 Å². The molecule has 5 nitrogen and oxygen atoms in total. The van der Waals surface area contributed by atoms with Crippen molar-refractivity contribution in [2.45, 2.75) is 26.8 Å². The van der Waals surface area contributed by atoms with Crippen molar-refractivity contribution in [1.82, 2.24) is 5.32 Å². The van der Waals surface area contributed by atoms with Crippen molar-refractivity contribution in [1.29, 1.82) is 0 Å². The van der Waals surface area contributed by atoms with Gasteiger partial charge in [0.2, 0.25) is 5.91 Å². The molecule has 0 spiro atoms. The molecule has 0 fully saturated rings. The minimum atomic E-state index is -0.273. The molecule has 0 bridgehead atoms. The molecular formula is C18H21N3O2. The average Bonchev–Trinajstić information content (AvgIpc) is 2.49. The summed E-state index contributed by atoms with van der Waals surface area (Å²) in [5.41, 5.74) is 3.58. The molecule has 2 aromatic carbocycles. The number of nitrogens with one attached hydrogen (secondary N) is 3. The Labute approximate surface area is 136 Å². The second-order valence-electron chi connectivity index (χ2n) is 5.49. The highest BCUT2D eigenvalue weighted by Crippen LogP contribution is 2.15. The summed E-state index contributed by atoms with van der Waals surface area (Å²) in [4.78, 5) is 23.0. The van der Waals surface area contributed by atoms with Gasteiger partial charge in [0.15, 0.2) is 0 Å². The molecule has 0 saturated heterocycles. The molecule has 1 atom stereocenters. The van der Waals surface area contributed by atoms with Crippen molar-refractivity contribution < 1.29 is 9.59 Å². The van der Waals surface area contributed by atoms with Gasteiger partial charge in [-0.1, -0.05) is 29.8 Å². The summed E-state index contributed by atoms with van der Waals surface area (Å²) in [5, 5.41) is 8.34. The van der Waals surface area contributed by atoms with E-state index in [4.69, 9.17) is 0 Å². The Bertz CT molecular complexity index is 678.